The Bertz CT molecular complexity index is 1420. The number of amides is 2. The highest BCUT2D eigenvalue weighted by Gasteiger charge is 2.38. The molecule has 1 saturated heterocycles. The third-order valence-electron chi connectivity index (χ3n) is 6.38. The highest BCUT2D eigenvalue weighted by Crippen LogP contribution is 2.21. The molecular formula is C26H29N5O5S. The second kappa shape index (κ2) is 11.1. The summed E-state index contributed by atoms with van der Waals surface area (Å²) >= 11 is 0. The Labute approximate surface area is 215 Å². The van der Waals surface area contributed by atoms with Gasteiger partial charge in [0, 0.05) is 18.7 Å². The van der Waals surface area contributed by atoms with E-state index in [1.54, 1.807) is 42.5 Å². The monoisotopic (exact) mass is 523 g/mol. The van der Waals surface area contributed by atoms with Crippen molar-refractivity contribution in [2.75, 3.05) is 13.2 Å². The molecule has 4 rings (SSSR count). The molecule has 0 aliphatic carbocycles. The molecule has 11 heteroatoms. The van der Waals surface area contributed by atoms with Gasteiger partial charge in [-0.1, -0.05) is 54.6 Å². The predicted molar refractivity (Wildman–Crippen MR) is 139 cm³/mol. The highest BCUT2D eigenvalue weighted by atomic mass is 32.2. The van der Waals surface area contributed by atoms with Gasteiger partial charge in [0.15, 0.2) is 0 Å². The van der Waals surface area contributed by atoms with Crippen LogP contribution in [0.2, 0.25) is 0 Å². The Balaban J connectivity index is 1.42. The molecule has 6 N–H and O–H groups in total. The zero-order valence-corrected chi connectivity index (χ0v) is 20.9. The summed E-state index contributed by atoms with van der Waals surface area (Å²) in [5, 5.41) is 21.7. The van der Waals surface area contributed by atoms with Gasteiger partial charge >= 0.3 is 0 Å². The smallest absolute Gasteiger partial charge is 0.243 e. The topological polar surface area (TPSA) is 166 Å². The number of fused-ring (bicyclic) bond motifs is 1. The third-order valence-corrected chi connectivity index (χ3v) is 7.85. The Hall–Kier alpha value is -3.80. The van der Waals surface area contributed by atoms with E-state index >= 15 is 0 Å². The molecule has 0 saturated carbocycles. The number of aliphatic hydroxyl groups excluding tert-OH is 1. The fourth-order valence-electron chi connectivity index (χ4n) is 4.37. The van der Waals surface area contributed by atoms with Gasteiger partial charge in [-0.3, -0.25) is 15.0 Å². The lowest BCUT2D eigenvalue weighted by atomic mass is 10.1. The number of nitrogens with zero attached hydrogens (tertiary/aromatic N) is 1. The molecule has 3 aromatic carbocycles. The number of amidine groups is 1. The molecule has 1 aliphatic heterocycles. The molecule has 0 spiro atoms. The van der Waals surface area contributed by atoms with Gasteiger partial charge in [0.1, 0.15) is 17.9 Å². The van der Waals surface area contributed by atoms with Crippen molar-refractivity contribution in [3.63, 3.8) is 0 Å². The van der Waals surface area contributed by atoms with Crippen LogP contribution in [0.3, 0.4) is 0 Å². The minimum absolute atomic E-state index is 0.0241. The van der Waals surface area contributed by atoms with Gasteiger partial charge in [-0.2, -0.15) is 4.72 Å². The van der Waals surface area contributed by atoms with E-state index in [-0.39, 0.29) is 29.7 Å². The zero-order valence-electron chi connectivity index (χ0n) is 20.1. The summed E-state index contributed by atoms with van der Waals surface area (Å²) in [4.78, 5) is 27.4. The Morgan fingerprint density at radius 1 is 1.08 bits per heavy atom. The first-order chi connectivity index (χ1) is 17.7. The number of aliphatic hydroxyl groups is 1. The van der Waals surface area contributed by atoms with Crippen molar-refractivity contribution in [3.8, 4) is 0 Å². The van der Waals surface area contributed by atoms with Gasteiger partial charge in [0.05, 0.1) is 11.5 Å². The summed E-state index contributed by atoms with van der Waals surface area (Å²) in [6.45, 7) is -0.259. The van der Waals surface area contributed by atoms with Crippen LogP contribution in [-0.2, 0) is 26.2 Å². The number of carbonyl (C=O) groups excluding carboxylic acids is 2. The molecule has 0 aromatic heterocycles. The lowest BCUT2D eigenvalue weighted by Gasteiger charge is -2.28. The zero-order chi connectivity index (χ0) is 26.6. The summed E-state index contributed by atoms with van der Waals surface area (Å²) in [6.07, 6.45) is 1.00. The largest absolute Gasteiger partial charge is 0.394 e. The average Bonchev–Trinajstić information content (AvgIpc) is 3.40. The number of carbonyl (C=O) groups is 2. The molecule has 0 bridgehead atoms. The van der Waals surface area contributed by atoms with Crippen molar-refractivity contribution in [2.24, 2.45) is 5.73 Å². The van der Waals surface area contributed by atoms with E-state index in [2.05, 4.69) is 10.0 Å². The van der Waals surface area contributed by atoms with Crippen LogP contribution in [0.4, 0.5) is 0 Å². The first kappa shape index (κ1) is 26.3. The van der Waals surface area contributed by atoms with Crippen LogP contribution < -0.4 is 15.8 Å². The van der Waals surface area contributed by atoms with E-state index in [1.807, 2.05) is 12.1 Å². The summed E-state index contributed by atoms with van der Waals surface area (Å²) in [5.74, 6) is -1.07. The molecule has 1 aliphatic rings. The number of hydrogen-bond acceptors (Lipinski definition) is 6. The minimum atomic E-state index is -4.11. The van der Waals surface area contributed by atoms with Gasteiger partial charge in [0.2, 0.25) is 21.8 Å². The number of hydrogen-bond donors (Lipinski definition) is 5. The quantitative estimate of drug-likeness (QED) is 0.208. The van der Waals surface area contributed by atoms with E-state index < -0.39 is 34.6 Å². The lowest BCUT2D eigenvalue weighted by molar-refractivity contribution is -0.140. The van der Waals surface area contributed by atoms with Crippen molar-refractivity contribution >= 4 is 38.4 Å². The molecule has 3 aromatic rings. The van der Waals surface area contributed by atoms with E-state index in [0.717, 1.165) is 16.3 Å². The lowest BCUT2D eigenvalue weighted by Crippen LogP contribution is -2.54. The predicted octanol–water partition coefficient (Wildman–Crippen LogP) is 1.07. The van der Waals surface area contributed by atoms with Crippen molar-refractivity contribution in [1.29, 1.82) is 5.41 Å². The maximum Gasteiger partial charge on any atom is 0.243 e. The molecule has 194 valence electrons. The number of nitrogens with one attached hydrogen (secondary N) is 3. The number of rotatable bonds is 9. The number of nitrogen functional groups attached to an aromatic ring is 1. The Morgan fingerprint density at radius 3 is 2.46 bits per heavy atom. The fourth-order valence-corrected chi connectivity index (χ4v) is 5.58. The van der Waals surface area contributed by atoms with Gasteiger partial charge in [-0.05, 0) is 41.3 Å². The van der Waals surface area contributed by atoms with Crippen LogP contribution in [0.15, 0.2) is 71.6 Å². The Morgan fingerprint density at radius 2 is 1.78 bits per heavy atom. The molecule has 0 radical (unpaired) electrons. The average molecular weight is 524 g/mol. The van der Waals surface area contributed by atoms with E-state index in [9.17, 15) is 23.1 Å². The van der Waals surface area contributed by atoms with Crippen LogP contribution in [0.1, 0.15) is 24.0 Å². The second-order valence-electron chi connectivity index (χ2n) is 8.88. The fraction of sp³-hybridized carbons (Fsp3) is 0.269. The standard InChI is InChI=1S/C26H29N5O5S/c27-24(28)19-9-7-17(8-10-19)15-29-25(33)23-6-3-13-31(23)26(34)22(16-32)30-37(35,36)21-12-11-18-4-1-2-5-20(18)14-21/h1-2,4-5,7-12,14,22-23,30,32H,3,6,13,15-16H2,(H3,27,28)(H,29,33)/t22-,23-/m0/s1. The molecule has 1 fully saturated rings. The van der Waals surface area contributed by atoms with E-state index in [4.69, 9.17) is 11.1 Å². The molecule has 2 atom stereocenters. The van der Waals surface area contributed by atoms with E-state index in [1.165, 1.54) is 17.0 Å². The second-order valence-corrected chi connectivity index (χ2v) is 10.6. The van der Waals surface area contributed by atoms with Crippen LogP contribution in [-0.4, -0.2) is 61.3 Å². The highest BCUT2D eigenvalue weighted by molar-refractivity contribution is 7.89. The molecule has 1 heterocycles. The first-order valence-electron chi connectivity index (χ1n) is 11.8. The molecular weight excluding hydrogens is 494 g/mol. The molecule has 0 unspecified atom stereocenters. The van der Waals surface area contributed by atoms with Crippen LogP contribution in [0.25, 0.3) is 10.8 Å². The maximum atomic E-state index is 13.2. The Kier molecular flexibility index (Phi) is 7.86. The first-order valence-corrected chi connectivity index (χ1v) is 13.3. The molecule has 37 heavy (non-hydrogen) atoms. The van der Waals surface area contributed by atoms with Crippen LogP contribution in [0, 0.1) is 5.41 Å². The normalized spacial score (nSPS) is 16.5. The van der Waals surface area contributed by atoms with Crippen molar-refractivity contribution in [3.05, 3.63) is 77.9 Å². The summed E-state index contributed by atoms with van der Waals surface area (Å²) in [7, 11) is -4.11. The summed E-state index contributed by atoms with van der Waals surface area (Å²) in [6, 6.07) is 16.6. The van der Waals surface area contributed by atoms with Crippen LogP contribution >= 0.6 is 0 Å². The van der Waals surface area contributed by atoms with Gasteiger partial charge in [0.25, 0.3) is 0 Å². The summed E-state index contributed by atoms with van der Waals surface area (Å²) in [5.41, 5.74) is 6.83. The molecule has 10 nitrogen and oxygen atoms in total. The minimum Gasteiger partial charge on any atom is -0.394 e. The number of sulfonamides is 1. The van der Waals surface area contributed by atoms with Crippen molar-refractivity contribution in [1.82, 2.24) is 14.9 Å². The number of benzene rings is 3. The number of likely N-dealkylation sites (tertiary alicyclic amines) is 1. The molecule has 2 amide bonds. The van der Waals surface area contributed by atoms with E-state index in [0.29, 0.717) is 18.4 Å². The third kappa shape index (κ3) is 5.96. The van der Waals surface area contributed by atoms with Gasteiger partial charge in [-0.15, -0.1) is 0 Å². The SMILES string of the molecule is N=C(N)c1ccc(CNC(=O)[C@@H]2CCCN2C(=O)[C@H](CO)NS(=O)(=O)c2ccc3ccccc3c2)cc1. The van der Waals surface area contributed by atoms with Gasteiger partial charge in [-0.25, -0.2) is 8.42 Å². The maximum absolute atomic E-state index is 13.2. The van der Waals surface area contributed by atoms with Gasteiger partial charge < -0.3 is 21.1 Å². The van der Waals surface area contributed by atoms with Crippen LogP contribution in [0.5, 0.6) is 0 Å². The number of nitrogens with two attached hydrogens (primary N) is 1. The van der Waals surface area contributed by atoms with Crippen molar-refractivity contribution in [2.45, 2.75) is 36.4 Å². The summed E-state index contributed by atoms with van der Waals surface area (Å²) < 4.78 is 28.3. The van der Waals surface area contributed by atoms with Crippen molar-refractivity contribution < 1.29 is 23.1 Å².